The molecule has 2 saturated heterocycles. The molecule has 2 heterocycles. The van der Waals surface area contributed by atoms with E-state index in [9.17, 15) is 8.42 Å². The lowest BCUT2D eigenvalue weighted by Crippen LogP contribution is -2.37. The SMILES string of the molecule is O=S1(=O)CCC[C@@]2(CCNC2)C1. The topological polar surface area (TPSA) is 46.2 Å². The molecule has 2 aliphatic heterocycles. The van der Waals surface area contributed by atoms with Gasteiger partial charge in [0.05, 0.1) is 11.5 Å². The third kappa shape index (κ3) is 1.50. The van der Waals surface area contributed by atoms with Gasteiger partial charge in [-0.05, 0) is 31.2 Å². The summed E-state index contributed by atoms with van der Waals surface area (Å²) in [6, 6.07) is 0. The van der Waals surface area contributed by atoms with Crippen LogP contribution in [-0.2, 0) is 9.84 Å². The molecule has 0 unspecified atom stereocenters. The number of hydrogen-bond acceptors (Lipinski definition) is 3. The van der Waals surface area contributed by atoms with E-state index in [1.54, 1.807) is 0 Å². The largest absolute Gasteiger partial charge is 0.316 e. The lowest BCUT2D eigenvalue weighted by Gasteiger charge is -2.31. The van der Waals surface area contributed by atoms with Crippen molar-refractivity contribution >= 4 is 9.84 Å². The minimum Gasteiger partial charge on any atom is -0.316 e. The van der Waals surface area contributed by atoms with E-state index in [1.807, 2.05) is 0 Å². The second-order valence-electron chi connectivity index (χ2n) is 4.12. The van der Waals surface area contributed by atoms with E-state index in [-0.39, 0.29) is 5.41 Å². The van der Waals surface area contributed by atoms with Crippen molar-refractivity contribution in [3.8, 4) is 0 Å². The van der Waals surface area contributed by atoms with Gasteiger partial charge < -0.3 is 5.32 Å². The molecular formula is C8H15NO2S. The van der Waals surface area contributed by atoms with Crippen LogP contribution in [0, 0.1) is 5.41 Å². The highest BCUT2D eigenvalue weighted by atomic mass is 32.2. The average molecular weight is 189 g/mol. The van der Waals surface area contributed by atoms with Gasteiger partial charge in [0.2, 0.25) is 0 Å². The minimum atomic E-state index is -2.71. The van der Waals surface area contributed by atoms with Crippen LogP contribution in [0.25, 0.3) is 0 Å². The Bertz CT molecular complexity index is 265. The maximum atomic E-state index is 11.4. The molecule has 0 aromatic heterocycles. The fraction of sp³-hybridized carbons (Fsp3) is 1.00. The van der Waals surface area contributed by atoms with Gasteiger partial charge in [-0.15, -0.1) is 0 Å². The molecule has 0 radical (unpaired) electrons. The zero-order valence-corrected chi connectivity index (χ0v) is 7.99. The van der Waals surface area contributed by atoms with Crippen molar-refractivity contribution in [2.45, 2.75) is 19.3 Å². The van der Waals surface area contributed by atoms with Crippen LogP contribution in [0.2, 0.25) is 0 Å². The van der Waals surface area contributed by atoms with E-state index in [2.05, 4.69) is 5.32 Å². The van der Waals surface area contributed by atoms with Crippen LogP contribution in [0.5, 0.6) is 0 Å². The summed E-state index contributed by atoms with van der Waals surface area (Å²) < 4.78 is 22.8. The van der Waals surface area contributed by atoms with Gasteiger partial charge in [-0.25, -0.2) is 8.42 Å². The molecule has 2 rings (SSSR count). The first-order chi connectivity index (χ1) is 5.62. The Labute approximate surface area is 73.5 Å². The van der Waals surface area contributed by atoms with E-state index in [4.69, 9.17) is 0 Å². The standard InChI is InChI=1S/C8H15NO2S/c10-12(11)5-1-2-8(7-12)3-4-9-6-8/h9H,1-7H2/t8-/m0/s1. The van der Waals surface area contributed by atoms with Crippen molar-refractivity contribution in [1.29, 1.82) is 0 Å². The number of sulfone groups is 1. The summed E-state index contributed by atoms with van der Waals surface area (Å²) in [4.78, 5) is 0. The smallest absolute Gasteiger partial charge is 0.150 e. The molecule has 0 amide bonds. The molecule has 1 N–H and O–H groups in total. The van der Waals surface area contributed by atoms with Crippen molar-refractivity contribution in [2.75, 3.05) is 24.6 Å². The summed E-state index contributed by atoms with van der Waals surface area (Å²) >= 11 is 0. The highest BCUT2D eigenvalue weighted by molar-refractivity contribution is 7.91. The van der Waals surface area contributed by atoms with E-state index in [0.29, 0.717) is 11.5 Å². The Kier molecular flexibility index (Phi) is 1.92. The second-order valence-corrected chi connectivity index (χ2v) is 6.31. The molecule has 0 aromatic carbocycles. The number of rotatable bonds is 0. The number of hydrogen-bond donors (Lipinski definition) is 1. The molecule has 4 heteroatoms. The van der Waals surface area contributed by atoms with E-state index in [0.717, 1.165) is 32.4 Å². The van der Waals surface area contributed by atoms with Crippen molar-refractivity contribution in [3.63, 3.8) is 0 Å². The molecule has 1 atom stereocenters. The Balaban J connectivity index is 2.17. The molecule has 2 aliphatic rings. The van der Waals surface area contributed by atoms with Gasteiger partial charge in [0.25, 0.3) is 0 Å². The van der Waals surface area contributed by atoms with Gasteiger partial charge in [0.15, 0.2) is 9.84 Å². The molecule has 1 spiro atoms. The Morgan fingerprint density at radius 2 is 2.08 bits per heavy atom. The predicted molar refractivity (Wildman–Crippen MR) is 47.8 cm³/mol. The monoisotopic (exact) mass is 189 g/mol. The lowest BCUT2D eigenvalue weighted by molar-refractivity contribution is 0.320. The highest BCUT2D eigenvalue weighted by Gasteiger charge is 2.40. The van der Waals surface area contributed by atoms with Crippen LogP contribution >= 0.6 is 0 Å². The van der Waals surface area contributed by atoms with Gasteiger partial charge in [0.1, 0.15) is 0 Å². The Morgan fingerprint density at radius 3 is 2.67 bits per heavy atom. The van der Waals surface area contributed by atoms with Crippen LogP contribution < -0.4 is 5.32 Å². The quantitative estimate of drug-likeness (QED) is 0.591. The van der Waals surface area contributed by atoms with Gasteiger partial charge in [-0.3, -0.25) is 0 Å². The van der Waals surface area contributed by atoms with Crippen molar-refractivity contribution < 1.29 is 8.42 Å². The first kappa shape index (κ1) is 8.51. The van der Waals surface area contributed by atoms with Crippen molar-refractivity contribution in [1.82, 2.24) is 5.32 Å². The van der Waals surface area contributed by atoms with Crippen LogP contribution in [-0.4, -0.2) is 33.0 Å². The molecule has 0 aliphatic carbocycles. The Morgan fingerprint density at radius 1 is 1.25 bits per heavy atom. The summed E-state index contributed by atoms with van der Waals surface area (Å²) in [5, 5.41) is 3.26. The molecule has 0 bridgehead atoms. The first-order valence-corrected chi connectivity index (χ1v) is 6.35. The summed E-state index contributed by atoms with van der Waals surface area (Å²) in [5.41, 5.74) is 0.108. The van der Waals surface area contributed by atoms with Crippen LogP contribution in [0.1, 0.15) is 19.3 Å². The molecule has 3 nitrogen and oxygen atoms in total. The second kappa shape index (κ2) is 2.70. The van der Waals surface area contributed by atoms with Gasteiger partial charge in [-0.1, -0.05) is 0 Å². The zero-order valence-electron chi connectivity index (χ0n) is 7.17. The summed E-state index contributed by atoms with van der Waals surface area (Å²) in [7, 11) is -2.71. The minimum absolute atomic E-state index is 0.108. The molecule has 12 heavy (non-hydrogen) atoms. The summed E-state index contributed by atoms with van der Waals surface area (Å²) in [5.74, 6) is 0.835. The molecule has 70 valence electrons. The maximum absolute atomic E-state index is 11.4. The molecule has 0 aromatic rings. The highest BCUT2D eigenvalue weighted by Crippen LogP contribution is 2.36. The van der Waals surface area contributed by atoms with Crippen LogP contribution in [0.3, 0.4) is 0 Å². The lowest BCUT2D eigenvalue weighted by atomic mass is 9.84. The van der Waals surface area contributed by atoms with Gasteiger partial charge in [-0.2, -0.15) is 0 Å². The van der Waals surface area contributed by atoms with Crippen LogP contribution in [0.4, 0.5) is 0 Å². The van der Waals surface area contributed by atoms with E-state index >= 15 is 0 Å². The van der Waals surface area contributed by atoms with Gasteiger partial charge >= 0.3 is 0 Å². The maximum Gasteiger partial charge on any atom is 0.150 e. The third-order valence-electron chi connectivity index (χ3n) is 3.02. The summed E-state index contributed by atoms with van der Waals surface area (Å²) in [6.07, 6.45) is 3.01. The van der Waals surface area contributed by atoms with Gasteiger partial charge in [0, 0.05) is 6.54 Å². The predicted octanol–water partition coefficient (Wildman–Crippen LogP) is 0.175. The molecule has 0 saturated carbocycles. The fourth-order valence-electron chi connectivity index (χ4n) is 2.41. The summed E-state index contributed by atoms with van der Waals surface area (Å²) in [6.45, 7) is 1.90. The average Bonchev–Trinajstić information content (AvgIpc) is 2.34. The van der Waals surface area contributed by atoms with Crippen LogP contribution in [0.15, 0.2) is 0 Å². The fourth-order valence-corrected chi connectivity index (χ4v) is 4.46. The van der Waals surface area contributed by atoms with E-state index in [1.165, 1.54) is 0 Å². The molecular weight excluding hydrogens is 174 g/mol. The normalized spacial score (nSPS) is 40.3. The van der Waals surface area contributed by atoms with Crippen molar-refractivity contribution in [3.05, 3.63) is 0 Å². The molecule has 2 fully saturated rings. The zero-order chi connectivity index (χ0) is 8.66. The van der Waals surface area contributed by atoms with Crippen molar-refractivity contribution in [2.24, 2.45) is 5.41 Å². The first-order valence-electron chi connectivity index (χ1n) is 4.53. The number of nitrogens with one attached hydrogen (secondary N) is 1. The third-order valence-corrected chi connectivity index (χ3v) is 4.98. The van der Waals surface area contributed by atoms with E-state index < -0.39 is 9.84 Å². The Hall–Kier alpha value is -0.0900.